The molecule has 11 atom stereocenters. The summed E-state index contributed by atoms with van der Waals surface area (Å²) in [7, 11) is -4.22. The number of carbonyl (C=O) groups is 1. The van der Waals surface area contributed by atoms with E-state index in [4.69, 9.17) is 23.1 Å². The summed E-state index contributed by atoms with van der Waals surface area (Å²) in [6.45, 7) is 0.876. The van der Waals surface area contributed by atoms with Crippen LogP contribution in [0.1, 0.15) is 30.1 Å². The number of carbonyl (C=O) groups excluding carboxylic acids is 1. The fraction of sp³-hybridized carbons (Fsp3) is 0.552. The van der Waals surface area contributed by atoms with Crippen LogP contribution in [-0.2, 0) is 33.2 Å². The Kier molecular flexibility index (Phi) is 6.25. The molecule has 7 fully saturated rings. The Hall–Kier alpha value is -2.46. The van der Waals surface area contributed by atoms with Crippen molar-refractivity contribution in [2.45, 2.75) is 72.9 Å². The molecule has 9 rings (SSSR count). The zero-order valence-electron chi connectivity index (χ0n) is 22.6. The summed E-state index contributed by atoms with van der Waals surface area (Å²) in [5.41, 5.74) is -3.13. The molecule has 3 aliphatic carbocycles. The van der Waals surface area contributed by atoms with Gasteiger partial charge in [-0.15, -0.1) is 0 Å². The first kappa shape index (κ1) is 28.3. The Bertz CT molecular complexity index is 1490. The van der Waals surface area contributed by atoms with E-state index in [2.05, 4.69) is 0 Å². The maximum Gasteiger partial charge on any atom is 0.338 e. The van der Waals surface area contributed by atoms with E-state index in [-0.39, 0.29) is 24.3 Å². The maximum absolute atomic E-state index is 13.0. The lowest BCUT2D eigenvalue weighted by atomic mass is 9.33. The summed E-state index contributed by atoms with van der Waals surface area (Å²) in [4.78, 5) is 12.9. The number of hydrogen-bond acceptors (Lipinski definition) is 12. The minimum absolute atomic E-state index is 0.0321. The van der Waals surface area contributed by atoms with Gasteiger partial charge in [0, 0.05) is 17.8 Å². The summed E-state index contributed by atoms with van der Waals surface area (Å²) in [5, 5.41) is 44.5. The highest BCUT2D eigenvalue weighted by Gasteiger charge is 2.95. The molecule has 0 amide bonds. The molecule has 2 aromatic rings. The Morgan fingerprint density at radius 1 is 0.976 bits per heavy atom. The van der Waals surface area contributed by atoms with E-state index in [1.165, 1.54) is 24.3 Å². The van der Waals surface area contributed by atoms with Crippen molar-refractivity contribution in [3.63, 3.8) is 0 Å². The Balaban J connectivity index is 1.20. The van der Waals surface area contributed by atoms with E-state index in [9.17, 15) is 33.6 Å². The third kappa shape index (κ3) is 3.57. The molecule has 4 N–H and O–H groups in total. The van der Waals surface area contributed by atoms with Gasteiger partial charge in [-0.3, -0.25) is 4.18 Å². The van der Waals surface area contributed by atoms with Crippen LogP contribution in [0.25, 0.3) is 0 Å². The Morgan fingerprint density at radius 3 is 2.33 bits per heavy atom. The molecule has 13 heteroatoms. The molecule has 12 nitrogen and oxygen atoms in total. The van der Waals surface area contributed by atoms with Gasteiger partial charge in [0.15, 0.2) is 12.1 Å². The molecule has 4 aliphatic heterocycles. The lowest BCUT2D eigenvalue weighted by Crippen LogP contribution is -2.81. The third-order valence-corrected chi connectivity index (χ3v) is 11.5. The van der Waals surface area contributed by atoms with Gasteiger partial charge in [-0.2, -0.15) is 8.42 Å². The highest BCUT2D eigenvalue weighted by Crippen LogP contribution is 2.86. The zero-order valence-corrected chi connectivity index (χ0v) is 23.4. The largest absolute Gasteiger partial charge is 0.461 e. The number of hydrogen-bond donors (Lipinski definition) is 4. The summed E-state index contributed by atoms with van der Waals surface area (Å²) in [6, 6.07) is 15.8. The Morgan fingerprint density at radius 2 is 1.64 bits per heavy atom. The van der Waals surface area contributed by atoms with Gasteiger partial charge in [-0.25, -0.2) is 4.79 Å². The quantitative estimate of drug-likeness (QED) is 0.240. The van der Waals surface area contributed by atoms with Gasteiger partial charge in [-0.1, -0.05) is 36.4 Å². The molecular weight excluding hydrogens is 572 g/mol. The SMILES string of the molecule is C[C@@]12C[C@@]3(O)O[C@H](O1)C1(COC(=O)c4ccccc4)[C@@H]3CC12C1OC(COS(=O)(=O)c2ccccc2)C(O)C(O)C1O. The molecule has 0 aromatic heterocycles. The second-order valence-corrected chi connectivity index (χ2v) is 13.8. The second kappa shape index (κ2) is 9.27. The molecule has 7 aliphatic rings. The van der Waals surface area contributed by atoms with Crippen molar-refractivity contribution in [3.8, 4) is 0 Å². The van der Waals surface area contributed by atoms with E-state index >= 15 is 0 Å². The number of ether oxygens (including phenoxy) is 4. The first-order valence-electron chi connectivity index (χ1n) is 13.8. The highest BCUT2D eigenvalue weighted by molar-refractivity contribution is 7.86. The van der Waals surface area contributed by atoms with Crippen molar-refractivity contribution in [3.05, 3.63) is 66.2 Å². The van der Waals surface area contributed by atoms with E-state index in [0.717, 1.165) is 0 Å². The average molecular weight is 605 g/mol. The third-order valence-electron chi connectivity index (χ3n) is 10.2. The zero-order chi connectivity index (χ0) is 29.7. The number of rotatable bonds is 8. The molecule has 226 valence electrons. The molecule has 7 unspecified atom stereocenters. The van der Waals surface area contributed by atoms with Gasteiger partial charge in [0.25, 0.3) is 10.1 Å². The molecule has 0 spiro atoms. The van der Waals surface area contributed by atoms with Crippen LogP contribution in [0.15, 0.2) is 65.6 Å². The van der Waals surface area contributed by atoms with E-state index in [1.807, 2.05) is 0 Å². The standard InChI is InChI=1S/C29H32O12S/c1-26-14-29(34)19-12-28(26,27(19,25(40-26)41-29)15-37-24(33)16-8-4-2-5-9-16)23-22(32)21(31)20(30)18(39-23)13-38-42(35,36)17-10-6-3-7-11-17/h2-11,18-23,25,30-32,34H,12-15H2,1H3/t18?,19-,20?,21?,22?,23?,25-,26-,27?,28?,29+/m0/s1. The van der Waals surface area contributed by atoms with Crippen molar-refractivity contribution < 1.29 is 56.8 Å². The number of benzene rings is 2. The van der Waals surface area contributed by atoms with Crippen LogP contribution in [0.2, 0.25) is 0 Å². The van der Waals surface area contributed by atoms with E-state index in [1.54, 1.807) is 43.3 Å². The number of aliphatic hydroxyl groups excluding tert-OH is 3. The Labute approximate surface area is 241 Å². The van der Waals surface area contributed by atoms with E-state index < -0.39 is 87.6 Å². The molecule has 3 saturated carbocycles. The lowest BCUT2D eigenvalue weighted by Gasteiger charge is -2.71. The minimum Gasteiger partial charge on any atom is -0.461 e. The maximum atomic E-state index is 13.0. The fourth-order valence-corrected chi connectivity index (χ4v) is 9.28. The minimum atomic E-state index is -4.22. The fourth-order valence-electron chi connectivity index (χ4n) is 8.34. The molecule has 4 saturated heterocycles. The van der Waals surface area contributed by atoms with Gasteiger partial charge in [-0.05, 0) is 37.6 Å². The van der Waals surface area contributed by atoms with Crippen molar-refractivity contribution >= 4 is 16.1 Å². The van der Waals surface area contributed by atoms with Crippen molar-refractivity contribution in [2.75, 3.05) is 13.2 Å². The van der Waals surface area contributed by atoms with Gasteiger partial charge in [0.2, 0.25) is 0 Å². The highest BCUT2D eigenvalue weighted by atomic mass is 32.2. The first-order chi connectivity index (χ1) is 19.9. The van der Waals surface area contributed by atoms with Crippen LogP contribution in [0.3, 0.4) is 0 Å². The predicted octanol–water partition coefficient (Wildman–Crippen LogP) is 0.329. The van der Waals surface area contributed by atoms with Gasteiger partial charge in [0.05, 0.1) is 34.2 Å². The molecule has 42 heavy (non-hydrogen) atoms. The lowest BCUT2D eigenvalue weighted by molar-refractivity contribution is -0.399. The van der Waals surface area contributed by atoms with Crippen molar-refractivity contribution in [1.29, 1.82) is 0 Å². The van der Waals surface area contributed by atoms with Crippen LogP contribution < -0.4 is 0 Å². The average Bonchev–Trinajstić information content (AvgIpc) is 3.16. The smallest absolute Gasteiger partial charge is 0.338 e. The molecule has 4 heterocycles. The van der Waals surface area contributed by atoms with Gasteiger partial charge < -0.3 is 39.4 Å². The second-order valence-electron chi connectivity index (χ2n) is 12.1. The summed E-state index contributed by atoms with van der Waals surface area (Å²) in [5.74, 6) is -2.69. The monoisotopic (exact) mass is 604 g/mol. The topological polar surface area (TPSA) is 178 Å². The number of esters is 1. The van der Waals surface area contributed by atoms with Crippen LogP contribution in [0.4, 0.5) is 0 Å². The van der Waals surface area contributed by atoms with Crippen molar-refractivity contribution in [2.24, 2.45) is 16.7 Å². The van der Waals surface area contributed by atoms with Crippen LogP contribution in [0, 0.1) is 16.7 Å². The van der Waals surface area contributed by atoms with E-state index in [0.29, 0.717) is 5.56 Å². The summed E-state index contributed by atoms with van der Waals surface area (Å²) < 4.78 is 55.1. The van der Waals surface area contributed by atoms with Gasteiger partial charge in [0.1, 0.15) is 31.0 Å². The van der Waals surface area contributed by atoms with Crippen molar-refractivity contribution in [1.82, 2.24) is 0 Å². The van der Waals surface area contributed by atoms with Gasteiger partial charge >= 0.3 is 5.97 Å². The molecular formula is C29H32O12S. The normalized spacial score (nSPS) is 45.0. The molecule has 0 radical (unpaired) electrons. The molecule has 6 bridgehead atoms. The van der Waals surface area contributed by atoms with Crippen LogP contribution in [0.5, 0.6) is 0 Å². The van der Waals surface area contributed by atoms with Crippen LogP contribution >= 0.6 is 0 Å². The first-order valence-corrected chi connectivity index (χ1v) is 15.2. The molecule has 2 aromatic carbocycles. The number of aliphatic hydroxyl groups is 4. The summed E-state index contributed by atoms with van der Waals surface area (Å²) >= 11 is 0. The van der Waals surface area contributed by atoms with Crippen LogP contribution in [-0.4, -0.2) is 96.2 Å². The predicted molar refractivity (Wildman–Crippen MR) is 140 cm³/mol. The summed E-state index contributed by atoms with van der Waals surface area (Å²) in [6.07, 6.45) is -8.34.